The first-order valence-electron chi connectivity index (χ1n) is 5.78. The number of rotatable bonds is 1. The van der Waals surface area contributed by atoms with Crippen molar-refractivity contribution < 1.29 is 4.79 Å². The monoisotopic (exact) mass is 218 g/mol. The van der Waals surface area contributed by atoms with Crippen LogP contribution in [0.2, 0.25) is 0 Å². The third kappa shape index (κ3) is 2.42. The van der Waals surface area contributed by atoms with E-state index in [0.717, 1.165) is 30.5 Å². The van der Waals surface area contributed by atoms with Crippen molar-refractivity contribution >= 4 is 5.91 Å². The van der Waals surface area contributed by atoms with Crippen LogP contribution >= 0.6 is 0 Å². The lowest BCUT2D eigenvalue weighted by Crippen LogP contribution is -2.45. The lowest BCUT2D eigenvalue weighted by Gasteiger charge is -2.30. The molecule has 1 aliphatic heterocycles. The summed E-state index contributed by atoms with van der Waals surface area (Å²) < 4.78 is 0. The van der Waals surface area contributed by atoms with Crippen molar-refractivity contribution in [3.63, 3.8) is 0 Å². The van der Waals surface area contributed by atoms with Crippen LogP contribution in [0.25, 0.3) is 0 Å². The summed E-state index contributed by atoms with van der Waals surface area (Å²) in [4.78, 5) is 14.0. The fourth-order valence-electron chi connectivity index (χ4n) is 2.16. The maximum atomic E-state index is 12.2. The molecule has 2 N–H and O–H groups in total. The van der Waals surface area contributed by atoms with Gasteiger partial charge in [-0.15, -0.1) is 0 Å². The Morgan fingerprint density at radius 2 is 2.31 bits per heavy atom. The Balaban J connectivity index is 2.12. The molecule has 1 aromatic carbocycles. The topological polar surface area (TPSA) is 46.3 Å². The molecule has 0 radical (unpaired) electrons. The highest BCUT2D eigenvalue weighted by atomic mass is 16.2. The predicted octanol–water partition coefficient (Wildman–Crippen LogP) is 1.56. The second-order valence-corrected chi connectivity index (χ2v) is 4.52. The lowest BCUT2D eigenvalue weighted by atomic mass is 10.0. The van der Waals surface area contributed by atoms with Crippen LogP contribution < -0.4 is 5.73 Å². The van der Waals surface area contributed by atoms with E-state index in [1.165, 1.54) is 0 Å². The fourth-order valence-corrected chi connectivity index (χ4v) is 2.16. The molecular formula is C13H18N2O. The molecule has 1 heterocycles. The number of nitrogens with zero attached hydrogens (tertiary/aromatic N) is 1. The first-order valence-corrected chi connectivity index (χ1v) is 5.78. The van der Waals surface area contributed by atoms with E-state index < -0.39 is 0 Å². The lowest BCUT2D eigenvalue weighted by molar-refractivity contribution is 0.0708. The minimum atomic E-state index is 0.110. The molecule has 3 nitrogen and oxygen atoms in total. The summed E-state index contributed by atoms with van der Waals surface area (Å²) in [6, 6.07) is 7.87. The Hall–Kier alpha value is -1.35. The highest BCUT2D eigenvalue weighted by molar-refractivity contribution is 5.94. The van der Waals surface area contributed by atoms with Crippen LogP contribution in [-0.4, -0.2) is 29.9 Å². The third-order valence-electron chi connectivity index (χ3n) is 3.01. The first-order chi connectivity index (χ1) is 7.66. The minimum Gasteiger partial charge on any atom is -0.337 e. The number of hydrogen-bond acceptors (Lipinski definition) is 2. The minimum absolute atomic E-state index is 0.110. The molecule has 0 spiro atoms. The van der Waals surface area contributed by atoms with Gasteiger partial charge in [-0.25, -0.2) is 0 Å². The standard InChI is InChI=1S/C13H18N2O/c1-10-4-2-5-11(8-10)13(16)15-7-3-6-12(14)9-15/h2,4-5,8,12H,3,6-7,9,14H2,1H3/t12-/m1/s1. The normalized spacial score (nSPS) is 20.9. The maximum Gasteiger partial charge on any atom is 0.253 e. The molecule has 1 aromatic rings. The van der Waals surface area contributed by atoms with E-state index in [1.54, 1.807) is 0 Å². The molecule has 3 heteroatoms. The van der Waals surface area contributed by atoms with E-state index in [-0.39, 0.29) is 11.9 Å². The van der Waals surface area contributed by atoms with E-state index >= 15 is 0 Å². The van der Waals surface area contributed by atoms with Gasteiger partial charge in [0, 0.05) is 24.7 Å². The average Bonchev–Trinajstić information content (AvgIpc) is 2.28. The number of hydrogen-bond donors (Lipinski definition) is 1. The van der Waals surface area contributed by atoms with Crippen LogP contribution in [0.15, 0.2) is 24.3 Å². The van der Waals surface area contributed by atoms with Gasteiger partial charge in [0.1, 0.15) is 0 Å². The molecule has 1 amide bonds. The van der Waals surface area contributed by atoms with Crippen LogP contribution in [0.5, 0.6) is 0 Å². The molecule has 2 rings (SSSR count). The van der Waals surface area contributed by atoms with Crippen molar-refractivity contribution in [1.29, 1.82) is 0 Å². The van der Waals surface area contributed by atoms with Gasteiger partial charge in [-0.1, -0.05) is 17.7 Å². The number of carbonyl (C=O) groups is 1. The zero-order valence-electron chi connectivity index (χ0n) is 9.65. The van der Waals surface area contributed by atoms with Crippen molar-refractivity contribution in [1.82, 2.24) is 4.90 Å². The molecule has 0 aliphatic carbocycles. The highest BCUT2D eigenvalue weighted by Crippen LogP contribution is 2.13. The van der Waals surface area contributed by atoms with Gasteiger partial charge in [-0.3, -0.25) is 4.79 Å². The van der Waals surface area contributed by atoms with Gasteiger partial charge in [-0.2, -0.15) is 0 Å². The fraction of sp³-hybridized carbons (Fsp3) is 0.462. The molecule has 0 unspecified atom stereocenters. The smallest absolute Gasteiger partial charge is 0.253 e. The van der Waals surface area contributed by atoms with E-state index in [4.69, 9.17) is 5.73 Å². The number of amides is 1. The van der Waals surface area contributed by atoms with Gasteiger partial charge < -0.3 is 10.6 Å². The van der Waals surface area contributed by atoms with Crippen LogP contribution in [0, 0.1) is 6.92 Å². The van der Waals surface area contributed by atoms with Crippen LogP contribution in [-0.2, 0) is 0 Å². The Morgan fingerprint density at radius 3 is 3.00 bits per heavy atom. The molecule has 1 fully saturated rings. The number of carbonyl (C=O) groups excluding carboxylic acids is 1. The van der Waals surface area contributed by atoms with Crippen LogP contribution in [0.1, 0.15) is 28.8 Å². The summed E-state index contributed by atoms with van der Waals surface area (Å²) in [6.45, 7) is 3.52. The molecule has 0 saturated carbocycles. The van der Waals surface area contributed by atoms with Gasteiger partial charge in [0.05, 0.1) is 0 Å². The number of nitrogens with two attached hydrogens (primary N) is 1. The van der Waals surface area contributed by atoms with Gasteiger partial charge in [0.15, 0.2) is 0 Å². The molecule has 0 bridgehead atoms. The zero-order chi connectivity index (χ0) is 11.5. The van der Waals surface area contributed by atoms with Crippen LogP contribution in [0.3, 0.4) is 0 Å². The molecule has 86 valence electrons. The van der Waals surface area contributed by atoms with E-state index in [9.17, 15) is 4.79 Å². The first kappa shape index (κ1) is 11.1. The van der Waals surface area contributed by atoms with Gasteiger partial charge >= 0.3 is 0 Å². The largest absolute Gasteiger partial charge is 0.337 e. The molecular weight excluding hydrogens is 200 g/mol. The van der Waals surface area contributed by atoms with Crippen molar-refractivity contribution in [2.45, 2.75) is 25.8 Å². The summed E-state index contributed by atoms with van der Waals surface area (Å²) in [7, 11) is 0. The molecule has 16 heavy (non-hydrogen) atoms. The Bertz CT molecular complexity index is 389. The van der Waals surface area contributed by atoms with E-state index in [1.807, 2.05) is 36.1 Å². The number of aryl methyl sites for hydroxylation is 1. The van der Waals surface area contributed by atoms with E-state index in [0.29, 0.717) is 6.54 Å². The summed E-state index contributed by atoms with van der Waals surface area (Å²) in [5, 5.41) is 0. The quantitative estimate of drug-likeness (QED) is 0.777. The summed E-state index contributed by atoms with van der Waals surface area (Å²) >= 11 is 0. The van der Waals surface area contributed by atoms with Gasteiger partial charge in [-0.05, 0) is 31.9 Å². The number of likely N-dealkylation sites (tertiary alicyclic amines) is 1. The number of benzene rings is 1. The Labute approximate surface area is 96.2 Å². The Kier molecular flexibility index (Phi) is 3.25. The molecule has 1 saturated heterocycles. The number of piperidine rings is 1. The molecule has 0 aromatic heterocycles. The highest BCUT2D eigenvalue weighted by Gasteiger charge is 2.21. The average molecular weight is 218 g/mol. The second kappa shape index (κ2) is 4.66. The van der Waals surface area contributed by atoms with Crippen molar-refractivity contribution in [3.8, 4) is 0 Å². The molecule has 1 atom stereocenters. The van der Waals surface area contributed by atoms with Crippen molar-refractivity contribution in [2.24, 2.45) is 5.73 Å². The maximum absolute atomic E-state index is 12.2. The third-order valence-corrected chi connectivity index (χ3v) is 3.01. The molecule has 1 aliphatic rings. The summed E-state index contributed by atoms with van der Waals surface area (Å²) in [6.07, 6.45) is 2.04. The summed E-state index contributed by atoms with van der Waals surface area (Å²) in [5.74, 6) is 0.110. The second-order valence-electron chi connectivity index (χ2n) is 4.52. The van der Waals surface area contributed by atoms with Gasteiger partial charge in [0.25, 0.3) is 5.91 Å². The Morgan fingerprint density at radius 1 is 1.50 bits per heavy atom. The van der Waals surface area contributed by atoms with Crippen LogP contribution in [0.4, 0.5) is 0 Å². The zero-order valence-corrected chi connectivity index (χ0v) is 9.65. The van der Waals surface area contributed by atoms with Crippen molar-refractivity contribution in [3.05, 3.63) is 35.4 Å². The predicted molar refractivity (Wildman–Crippen MR) is 64.3 cm³/mol. The summed E-state index contributed by atoms with van der Waals surface area (Å²) in [5.41, 5.74) is 7.77. The van der Waals surface area contributed by atoms with E-state index in [2.05, 4.69) is 0 Å². The van der Waals surface area contributed by atoms with Crippen molar-refractivity contribution in [2.75, 3.05) is 13.1 Å². The van der Waals surface area contributed by atoms with Gasteiger partial charge in [0.2, 0.25) is 0 Å². The SMILES string of the molecule is Cc1cccc(C(=O)N2CCC[C@@H](N)C2)c1.